The molecule has 0 atom stereocenters. The van der Waals surface area contributed by atoms with Gasteiger partial charge in [-0.2, -0.15) is 11.8 Å². The Hall–Kier alpha value is -0.260. The van der Waals surface area contributed by atoms with Crippen molar-refractivity contribution in [3.63, 3.8) is 0 Å². The first kappa shape index (κ1) is 16.7. The second-order valence-corrected chi connectivity index (χ2v) is 5.84. The van der Waals surface area contributed by atoms with Crippen LogP contribution in [0.1, 0.15) is 27.2 Å². The highest BCUT2D eigenvalue weighted by Gasteiger charge is 2.15. The second kappa shape index (κ2) is 9.74. The molecule has 0 rings (SSSR count). The number of nitrogens with one attached hydrogen (secondary N) is 1. The van der Waals surface area contributed by atoms with Crippen molar-refractivity contribution in [3.05, 3.63) is 0 Å². The van der Waals surface area contributed by atoms with Crippen LogP contribution in [-0.2, 0) is 14.3 Å². The van der Waals surface area contributed by atoms with Crippen molar-refractivity contribution >= 4 is 17.7 Å². The number of thioether (sulfide) groups is 1. The van der Waals surface area contributed by atoms with E-state index < -0.39 is 0 Å². The molecule has 102 valence electrons. The van der Waals surface area contributed by atoms with Gasteiger partial charge in [0, 0.05) is 13.7 Å². The first-order valence-electron chi connectivity index (χ1n) is 5.95. The average molecular weight is 263 g/mol. The molecule has 0 aromatic rings. The van der Waals surface area contributed by atoms with Gasteiger partial charge in [0.2, 0.25) is 0 Å². The molecule has 0 aliphatic rings. The van der Waals surface area contributed by atoms with E-state index in [1.54, 1.807) is 18.9 Å². The van der Waals surface area contributed by atoms with Crippen molar-refractivity contribution in [2.75, 3.05) is 38.3 Å². The van der Waals surface area contributed by atoms with Gasteiger partial charge in [0.1, 0.15) is 5.60 Å². The van der Waals surface area contributed by atoms with E-state index in [0.29, 0.717) is 5.75 Å². The van der Waals surface area contributed by atoms with Crippen LogP contribution >= 0.6 is 11.8 Å². The highest BCUT2D eigenvalue weighted by Crippen LogP contribution is 2.10. The van der Waals surface area contributed by atoms with Gasteiger partial charge in [-0.15, -0.1) is 0 Å². The van der Waals surface area contributed by atoms with Gasteiger partial charge in [-0.05, 0) is 39.5 Å². The lowest BCUT2D eigenvalue weighted by Crippen LogP contribution is -2.25. The summed E-state index contributed by atoms with van der Waals surface area (Å²) in [6, 6.07) is 0. The largest absolute Gasteiger partial charge is 0.459 e. The Morgan fingerprint density at radius 3 is 2.59 bits per heavy atom. The molecule has 0 heterocycles. The summed E-state index contributed by atoms with van der Waals surface area (Å²) < 4.78 is 10.1. The maximum absolute atomic E-state index is 11.4. The van der Waals surface area contributed by atoms with Gasteiger partial charge in [-0.3, -0.25) is 4.79 Å². The molecule has 0 saturated heterocycles. The van der Waals surface area contributed by atoms with E-state index in [2.05, 4.69) is 5.32 Å². The lowest BCUT2D eigenvalue weighted by atomic mass is 10.2. The zero-order valence-electron chi connectivity index (χ0n) is 11.4. The van der Waals surface area contributed by atoms with Crippen LogP contribution in [0.5, 0.6) is 0 Å². The summed E-state index contributed by atoms with van der Waals surface area (Å²) in [5, 5.41) is 3.26. The van der Waals surface area contributed by atoms with Crippen LogP contribution in [0.15, 0.2) is 0 Å². The molecule has 0 amide bonds. The molecule has 0 aliphatic heterocycles. The molecular formula is C12H25NO3S. The molecule has 0 aromatic carbocycles. The molecule has 0 bridgehead atoms. The minimum absolute atomic E-state index is 0.130. The third-order valence-electron chi connectivity index (χ3n) is 1.77. The number of carbonyl (C=O) groups excluding carboxylic acids is 1. The van der Waals surface area contributed by atoms with Crippen LogP contribution in [0, 0.1) is 0 Å². The van der Waals surface area contributed by atoms with E-state index in [9.17, 15) is 4.79 Å². The third kappa shape index (κ3) is 13.7. The maximum Gasteiger partial charge on any atom is 0.316 e. The van der Waals surface area contributed by atoms with Crippen molar-refractivity contribution in [1.29, 1.82) is 0 Å². The number of carbonyl (C=O) groups is 1. The first-order valence-corrected chi connectivity index (χ1v) is 7.10. The molecule has 1 N–H and O–H groups in total. The number of hydrogen-bond donors (Lipinski definition) is 1. The monoisotopic (exact) mass is 263 g/mol. The molecular weight excluding hydrogens is 238 g/mol. The van der Waals surface area contributed by atoms with Gasteiger partial charge in [0.15, 0.2) is 0 Å². The quantitative estimate of drug-likeness (QED) is 0.507. The second-order valence-electron chi connectivity index (χ2n) is 4.74. The number of rotatable bonds is 9. The van der Waals surface area contributed by atoms with Crippen LogP contribution in [0.25, 0.3) is 0 Å². The Kier molecular flexibility index (Phi) is 9.59. The van der Waals surface area contributed by atoms with Gasteiger partial charge in [0.05, 0.1) is 12.4 Å². The van der Waals surface area contributed by atoms with E-state index >= 15 is 0 Å². The summed E-state index contributed by atoms with van der Waals surface area (Å²) in [7, 11) is 1.69. The SMILES string of the molecule is COCCNCCCSCC(=O)OC(C)(C)C. The van der Waals surface area contributed by atoms with Crippen molar-refractivity contribution in [1.82, 2.24) is 5.32 Å². The minimum Gasteiger partial charge on any atom is -0.459 e. The van der Waals surface area contributed by atoms with Crippen LogP contribution in [0.4, 0.5) is 0 Å². The Balaban J connectivity index is 3.25. The van der Waals surface area contributed by atoms with Crippen LogP contribution < -0.4 is 5.32 Å². The standard InChI is InChI=1S/C12H25NO3S/c1-12(2,3)16-11(14)10-17-9-5-6-13-7-8-15-4/h13H,5-10H2,1-4H3. The van der Waals surface area contributed by atoms with Gasteiger partial charge < -0.3 is 14.8 Å². The molecule has 0 aromatic heterocycles. The predicted molar refractivity (Wildman–Crippen MR) is 72.5 cm³/mol. The van der Waals surface area contributed by atoms with Crippen molar-refractivity contribution in [2.24, 2.45) is 0 Å². The fraction of sp³-hybridized carbons (Fsp3) is 0.917. The fourth-order valence-corrected chi connectivity index (χ4v) is 1.84. The Bertz CT molecular complexity index is 204. The van der Waals surface area contributed by atoms with Crippen LogP contribution in [0.2, 0.25) is 0 Å². The van der Waals surface area contributed by atoms with E-state index in [1.807, 2.05) is 20.8 Å². The van der Waals surface area contributed by atoms with E-state index in [-0.39, 0.29) is 11.6 Å². The molecule has 0 radical (unpaired) electrons. The summed E-state index contributed by atoms with van der Waals surface area (Å²) >= 11 is 1.62. The summed E-state index contributed by atoms with van der Waals surface area (Å²) in [5.41, 5.74) is -0.376. The molecule has 0 unspecified atom stereocenters. The molecule has 4 nitrogen and oxygen atoms in total. The molecule has 0 spiro atoms. The van der Waals surface area contributed by atoms with Crippen LogP contribution in [0.3, 0.4) is 0 Å². The van der Waals surface area contributed by atoms with Gasteiger partial charge in [0.25, 0.3) is 0 Å². The molecule has 0 aliphatic carbocycles. The number of ether oxygens (including phenoxy) is 2. The normalized spacial score (nSPS) is 11.5. The highest BCUT2D eigenvalue weighted by atomic mass is 32.2. The number of esters is 1. The minimum atomic E-state index is -0.376. The third-order valence-corrected chi connectivity index (χ3v) is 2.78. The first-order chi connectivity index (χ1) is 7.95. The molecule has 17 heavy (non-hydrogen) atoms. The van der Waals surface area contributed by atoms with Gasteiger partial charge in [-0.25, -0.2) is 0 Å². The smallest absolute Gasteiger partial charge is 0.316 e. The van der Waals surface area contributed by atoms with Crippen molar-refractivity contribution in [3.8, 4) is 0 Å². The zero-order valence-corrected chi connectivity index (χ0v) is 12.2. The van der Waals surface area contributed by atoms with E-state index in [4.69, 9.17) is 9.47 Å². The summed E-state index contributed by atoms with van der Waals surface area (Å²) in [4.78, 5) is 11.4. The Labute approximate surface area is 109 Å². The zero-order chi connectivity index (χ0) is 13.1. The lowest BCUT2D eigenvalue weighted by molar-refractivity contribution is -0.151. The Morgan fingerprint density at radius 2 is 2.00 bits per heavy atom. The summed E-state index contributed by atoms with van der Waals surface area (Å²) in [6.07, 6.45) is 1.05. The van der Waals surface area contributed by atoms with Crippen molar-refractivity contribution < 1.29 is 14.3 Å². The van der Waals surface area contributed by atoms with E-state index in [1.165, 1.54) is 0 Å². The predicted octanol–water partition coefficient (Wildman–Crippen LogP) is 1.69. The molecule has 0 saturated carbocycles. The summed E-state index contributed by atoms with van der Waals surface area (Å²) in [6.45, 7) is 8.24. The molecule has 5 heteroatoms. The van der Waals surface area contributed by atoms with Gasteiger partial charge >= 0.3 is 5.97 Å². The highest BCUT2D eigenvalue weighted by molar-refractivity contribution is 7.99. The topological polar surface area (TPSA) is 47.6 Å². The van der Waals surface area contributed by atoms with Crippen molar-refractivity contribution in [2.45, 2.75) is 32.8 Å². The van der Waals surface area contributed by atoms with Crippen LogP contribution in [-0.4, -0.2) is 49.9 Å². The maximum atomic E-state index is 11.4. The number of methoxy groups -OCH3 is 1. The Morgan fingerprint density at radius 1 is 1.29 bits per heavy atom. The van der Waals surface area contributed by atoms with Gasteiger partial charge in [-0.1, -0.05) is 0 Å². The van der Waals surface area contributed by atoms with E-state index in [0.717, 1.165) is 31.9 Å². The lowest BCUT2D eigenvalue weighted by Gasteiger charge is -2.19. The number of hydrogen-bond acceptors (Lipinski definition) is 5. The summed E-state index contributed by atoms with van der Waals surface area (Å²) in [5.74, 6) is 1.28. The molecule has 0 fully saturated rings. The average Bonchev–Trinajstić information content (AvgIpc) is 2.19. The fourth-order valence-electron chi connectivity index (χ4n) is 1.12.